The van der Waals surface area contributed by atoms with E-state index in [9.17, 15) is 18.0 Å². The lowest BCUT2D eigenvalue weighted by atomic mass is 10.0. The molecule has 2 N–H and O–H groups in total. The highest BCUT2D eigenvalue weighted by molar-refractivity contribution is 5.95. The Morgan fingerprint density at radius 2 is 1.95 bits per heavy atom. The molecule has 1 amide bonds. The number of pyridine rings is 1. The number of alkyl halides is 3. The van der Waals surface area contributed by atoms with Crippen molar-refractivity contribution in [2.24, 2.45) is 0 Å². The zero-order valence-electron chi connectivity index (χ0n) is 22.4. The number of halogens is 3. The quantitative estimate of drug-likeness (QED) is 0.204. The number of hydrogen-bond donors (Lipinski definition) is 2. The van der Waals surface area contributed by atoms with E-state index in [1.54, 1.807) is 23.1 Å². The first-order valence-electron chi connectivity index (χ1n) is 13.6. The van der Waals surface area contributed by atoms with E-state index in [1.807, 2.05) is 18.2 Å². The summed E-state index contributed by atoms with van der Waals surface area (Å²) in [5, 5.41) is 20.5. The molecule has 0 saturated heterocycles. The van der Waals surface area contributed by atoms with Crippen LogP contribution in [0.5, 0.6) is 5.75 Å². The van der Waals surface area contributed by atoms with Crippen molar-refractivity contribution in [1.29, 1.82) is 0 Å². The van der Waals surface area contributed by atoms with Crippen molar-refractivity contribution in [3.63, 3.8) is 0 Å². The molecule has 10 nitrogen and oxygen atoms in total. The van der Waals surface area contributed by atoms with Gasteiger partial charge in [-0.25, -0.2) is 0 Å². The number of unbranched alkanes of at least 4 members (excludes halogenated alkanes) is 1. The topological polar surface area (TPSA) is 124 Å². The van der Waals surface area contributed by atoms with E-state index in [2.05, 4.69) is 46.6 Å². The summed E-state index contributed by atoms with van der Waals surface area (Å²) in [5.41, 5.74) is 5.47. The molecule has 4 aromatic heterocycles. The van der Waals surface area contributed by atoms with Crippen LogP contribution in [0.15, 0.2) is 60.9 Å². The molecule has 216 valence electrons. The number of nitrogens with one attached hydrogen (secondary N) is 2. The van der Waals surface area contributed by atoms with Gasteiger partial charge in [-0.15, -0.1) is 23.4 Å². The van der Waals surface area contributed by atoms with Gasteiger partial charge in [-0.1, -0.05) is 23.4 Å². The standard InChI is InChI=1S/C29H27F3N8O2/c30-29(31,32)42-21-8-5-6-18(14-21)16-34-28(41)24-17-40(39-37-24)13-4-2-7-20-15-22-25(23-9-1-3-12-33-23)26(19-10-11-19)35-27(22)38-36-20/h1,3,5-6,8-9,12,14-15,17,19H,2,4,7,10-11,13,16H2,(H,34,41)(H,35,38). The van der Waals surface area contributed by atoms with E-state index in [0.29, 0.717) is 18.0 Å². The number of amides is 1. The van der Waals surface area contributed by atoms with Gasteiger partial charge >= 0.3 is 6.36 Å². The first kappa shape index (κ1) is 27.4. The highest BCUT2D eigenvalue weighted by Gasteiger charge is 2.31. The number of carbonyl (C=O) groups is 1. The number of benzene rings is 1. The molecule has 5 aromatic rings. The van der Waals surface area contributed by atoms with Crippen LogP contribution in [0.1, 0.15) is 59.0 Å². The third-order valence-electron chi connectivity index (χ3n) is 6.97. The molecule has 1 fully saturated rings. The molecule has 1 saturated carbocycles. The predicted molar refractivity (Wildman–Crippen MR) is 146 cm³/mol. The number of aryl methyl sites for hydroxylation is 2. The Morgan fingerprint density at radius 3 is 2.74 bits per heavy atom. The minimum absolute atomic E-state index is 0.0114. The number of nitrogens with zero attached hydrogens (tertiary/aromatic N) is 6. The van der Waals surface area contributed by atoms with Gasteiger partial charge in [0.1, 0.15) is 5.75 Å². The summed E-state index contributed by atoms with van der Waals surface area (Å²) in [6.45, 7) is 0.569. The minimum Gasteiger partial charge on any atom is -0.406 e. The fraction of sp³-hybridized carbons (Fsp3) is 0.310. The SMILES string of the molecule is O=C(NCc1cccc(OC(F)(F)F)c1)c1cn(CCCCc2cc3c(-c4ccccn4)c(C4CC4)[nH]c3nn2)nn1. The van der Waals surface area contributed by atoms with Gasteiger partial charge in [0.15, 0.2) is 11.3 Å². The van der Waals surface area contributed by atoms with Gasteiger partial charge in [-0.2, -0.15) is 5.10 Å². The molecule has 0 unspecified atom stereocenters. The van der Waals surface area contributed by atoms with E-state index < -0.39 is 12.3 Å². The molecule has 0 spiro atoms. The average Bonchev–Trinajstić information content (AvgIpc) is 3.59. The maximum atomic E-state index is 12.5. The van der Waals surface area contributed by atoms with Crippen LogP contribution in [0.3, 0.4) is 0 Å². The monoisotopic (exact) mass is 576 g/mol. The molecule has 6 rings (SSSR count). The number of hydrogen-bond acceptors (Lipinski definition) is 7. The third kappa shape index (κ3) is 6.56. The van der Waals surface area contributed by atoms with E-state index in [4.69, 9.17) is 0 Å². The summed E-state index contributed by atoms with van der Waals surface area (Å²) in [6, 6.07) is 13.4. The molecule has 0 atom stereocenters. The third-order valence-corrected chi connectivity index (χ3v) is 6.97. The number of H-pyrrole nitrogens is 1. The summed E-state index contributed by atoms with van der Waals surface area (Å²) in [4.78, 5) is 20.5. The molecular formula is C29H27F3N8O2. The lowest BCUT2D eigenvalue weighted by Gasteiger charge is -2.10. The number of aromatic amines is 1. The van der Waals surface area contributed by atoms with Crippen LogP contribution in [0, 0.1) is 0 Å². The highest BCUT2D eigenvalue weighted by Crippen LogP contribution is 2.46. The predicted octanol–water partition coefficient (Wildman–Crippen LogP) is 5.34. The second-order valence-corrected chi connectivity index (χ2v) is 10.2. The molecule has 1 aliphatic carbocycles. The summed E-state index contributed by atoms with van der Waals surface area (Å²) in [6.07, 6.45) is 3.22. The molecule has 1 aliphatic rings. The summed E-state index contributed by atoms with van der Waals surface area (Å²) in [5.74, 6) is -0.318. The van der Waals surface area contributed by atoms with Crippen molar-refractivity contribution < 1.29 is 22.7 Å². The lowest BCUT2D eigenvalue weighted by Crippen LogP contribution is -2.23. The van der Waals surface area contributed by atoms with Crippen LogP contribution >= 0.6 is 0 Å². The van der Waals surface area contributed by atoms with Gasteiger partial charge in [0.05, 0.1) is 17.6 Å². The molecular weight excluding hydrogens is 549 g/mol. The van der Waals surface area contributed by atoms with Crippen molar-refractivity contribution in [3.05, 3.63) is 83.6 Å². The Labute approximate surface area is 238 Å². The molecule has 13 heteroatoms. The number of rotatable bonds is 11. The van der Waals surface area contributed by atoms with E-state index in [0.717, 1.165) is 60.1 Å². The highest BCUT2D eigenvalue weighted by atomic mass is 19.4. The summed E-state index contributed by atoms with van der Waals surface area (Å²) in [7, 11) is 0. The van der Waals surface area contributed by atoms with Crippen molar-refractivity contribution >= 4 is 16.9 Å². The Balaban J connectivity index is 1.02. The Kier molecular flexibility index (Phi) is 7.55. The average molecular weight is 577 g/mol. The summed E-state index contributed by atoms with van der Waals surface area (Å²) < 4.78 is 42.8. The number of aromatic nitrogens is 7. The van der Waals surface area contributed by atoms with Crippen LogP contribution in [0.2, 0.25) is 0 Å². The van der Waals surface area contributed by atoms with Crippen LogP contribution in [0.4, 0.5) is 13.2 Å². The zero-order valence-corrected chi connectivity index (χ0v) is 22.4. The Bertz CT molecular complexity index is 1700. The van der Waals surface area contributed by atoms with Crippen LogP contribution in [-0.2, 0) is 19.5 Å². The molecule has 0 aliphatic heterocycles. The van der Waals surface area contributed by atoms with Crippen molar-refractivity contribution in [1.82, 2.24) is 40.5 Å². The maximum absolute atomic E-state index is 12.5. The number of fused-ring (bicyclic) bond motifs is 1. The van der Waals surface area contributed by atoms with Gasteiger partial charge in [-0.05, 0) is 73.9 Å². The normalized spacial score (nSPS) is 13.4. The van der Waals surface area contributed by atoms with E-state index >= 15 is 0 Å². The largest absolute Gasteiger partial charge is 0.573 e. The first-order valence-corrected chi connectivity index (χ1v) is 13.6. The fourth-order valence-corrected chi connectivity index (χ4v) is 4.85. The van der Waals surface area contributed by atoms with Crippen LogP contribution < -0.4 is 10.1 Å². The van der Waals surface area contributed by atoms with Crippen molar-refractivity contribution in [2.45, 2.75) is 57.5 Å². The van der Waals surface area contributed by atoms with Crippen molar-refractivity contribution in [2.75, 3.05) is 0 Å². The molecule has 0 radical (unpaired) electrons. The van der Waals surface area contributed by atoms with E-state index in [1.165, 1.54) is 23.9 Å². The van der Waals surface area contributed by atoms with Gasteiger partial charge in [0, 0.05) is 35.9 Å². The van der Waals surface area contributed by atoms with Gasteiger partial charge in [0.25, 0.3) is 5.91 Å². The molecule has 1 aromatic carbocycles. The van der Waals surface area contributed by atoms with Crippen molar-refractivity contribution in [3.8, 4) is 17.0 Å². The van der Waals surface area contributed by atoms with Gasteiger partial charge in [-0.3, -0.25) is 14.5 Å². The number of carbonyl (C=O) groups excluding carboxylic acids is 1. The zero-order chi connectivity index (χ0) is 29.1. The molecule has 4 heterocycles. The second-order valence-electron chi connectivity index (χ2n) is 10.2. The Morgan fingerprint density at radius 1 is 1.07 bits per heavy atom. The van der Waals surface area contributed by atoms with Gasteiger partial charge in [0.2, 0.25) is 0 Å². The second kappa shape index (κ2) is 11.6. The van der Waals surface area contributed by atoms with Gasteiger partial charge < -0.3 is 15.0 Å². The summed E-state index contributed by atoms with van der Waals surface area (Å²) >= 11 is 0. The lowest BCUT2D eigenvalue weighted by molar-refractivity contribution is -0.274. The van der Waals surface area contributed by atoms with E-state index in [-0.39, 0.29) is 18.0 Å². The van der Waals surface area contributed by atoms with Crippen LogP contribution in [0.25, 0.3) is 22.3 Å². The maximum Gasteiger partial charge on any atom is 0.573 e. The van der Waals surface area contributed by atoms with Crippen LogP contribution in [-0.4, -0.2) is 47.4 Å². The first-order chi connectivity index (χ1) is 20.3. The number of ether oxygens (including phenoxy) is 1. The minimum atomic E-state index is -4.78. The smallest absolute Gasteiger partial charge is 0.406 e. The fourth-order valence-electron chi connectivity index (χ4n) is 4.85. The Hall–Kier alpha value is -4.81. The molecule has 0 bridgehead atoms. The molecule has 42 heavy (non-hydrogen) atoms.